The number of aliphatic hydroxyl groups excluding tert-OH is 1. The van der Waals surface area contributed by atoms with E-state index in [1.165, 1.54) is 0 Å². The Labute approximate surface area is 209 Å². The van der Waals surface area contributed by atoms with E-state index >= 15 is 0 Å². The smallest absolute Gasteiger partial charge is 0.119 e. The third kappa shape index (κ3) is 3.85. The van der Waals surface area contributed by atoms with Crippen molar-refractivity contribution in [2.75, 3.05) is 0 Å². The predicted octanol–water partition coefficient (Wildman–Crippen LogP) is 6.90. The van der Waals surface area contributed by atoms with Crippen molar-refractivity contribution in [3.63, 3.8) is 0 Å². The third-order valence-corrected chi connectivity index (χ3v) is 6.82. The van der Waals surface area contributed by atoms with Crippen molar-refractivity contribution in [3.8, 4) is 0 Å². The number of nitrogens with zero attached hydrogens (tertiary/aromatic N) is 4. The number of aryl methyl sites for hydroxylation is 1. The summed E-state index contributed by atoms with van der Waals surface area (Å²) < 4.78 is 4.16. The molecule has 0 fully saturated rings. The van der Waals surface area contributed by atoms with Gasteiger partial charge in [-0.3, -0.25) is 0 Å². The van der Waals surface area contributed by atoms with Gasteiger partial charge in [-0.25, -0.2) is 4.68 Å². The maximum absolute atomic E-state index is 11.3. The Hall–Kier alpha value is -4.64. The number of aromatic nitrogens is 4. The van der Waals surface area contributed by atoms with Crippen molar-refractivity contribution in [2.24, 2.45) is 7.05 Å². The molecule has 1 N–H and O–H groups in total. The Morgan fingerprint density at radius 2 is 1.42 bits per heavy atom. The minimum Gasteiger partial charge on any atom is -0.508 e. The Bertz CT molecular complexity index is 1660. The monoisotopic (exact) mass is 470 g/mol. The topological polar surface area (TPSA) is 55.9 Å². The van der Waals surface area contributed by atoms with E-state index in [1.54, 1.807) is 0 Å². The van der Waals surface area contributed by atoms with Gasteiger partial charge in [0, 0.05) is 41.2 Å². The standard InChI is InChI=1S/C31H26N4O/c1-34-21-26(24-16-8-10-18-28(24)34)31(35-29-19-11-9-17-27(29)32-33-35)25(22-12-4-2-5-13-22)20-30(36)23-14-6-3-7-15-23/h2-21,25,31,36H,1H3/b30-20-. The van der Waals surface area contributed by atoms with Crippen LogP contribution in [-0.2, 0) is 7.05 Å². The lowest BCUT2D eigenvalue weighted by molar-refractivity contribution is 0.468. The fourth-order valence-electron chi connectivity index (χ4n) is 5.10. The number of para-hydroxylation sites is 2. The van der Waals surface area contributed by atoms with Gasteiger partial charge < -0.3 is 9.67 Å². The summed E-state index contributed by atoms with van der Waals surface area (Å²) in [5, 5.41) is 21.6. The molecule has 6 aromatic rings. The van der Waals surface area contributed by atoms with Crippen LogP contribution in [0.25, 0.3) is 27.7 Å². The third-order valence-electron chi connectivity index (χ3n) is 6.82. The molecule has 2 aromatic heterocycles. The summed E-state index contributed by atoms with van der Waals surface area (Å²) in [6.07, 6.45) is 4.13. The summed E-state index contributed by atoms with van der Waals surface area (Å²) in [5.74, 6) is 0.0152. The number of aliphatic hydroxyl groups is 1. The minimum absolute atomic E-state index is 0.220. The van der Waals surface area contributed by atoms with Gasteiger partial charge in [0.25, 0.3) is 0 Å². The van der Waals surface area contributed by atoms with Gasteiger partial charge in [0.05, 0.1) is 11.6 Å². The maximum Gasteiger partial charge on any atom is 0.119 e. The molecular formula is C31H26N4O. The molecule has 0 aliphatic carbocycles. The lowest BCUT2D eigenvalue weighted by Crippen LogP contribution is -2.20. The van der Waals surface area contributed by atoms with Crippen molar-refractivity contribution in [2.45, 2.75) is 12.0 Å². The Morgan fingerprint density at radius 1 is 0.778 bits per heavy atom. The van der Waals surface area contributed by atoms with E-state index in [1.807, 2.05) is 77.5 Å². The zero-order valence-electron chi connectivity index (χ0n) is 19.9. The van der Waals surface area contributed by atoms with Crippen LogP contribution in [0.3, 0.4) is 0 Å². The first-order valence-electron chi connectivity index (χ1n) is 12.1. The van der Waals surface area contributed by atoms with E-state index in [9.17, 15) is 5.11 Å². The normalized spacial score (nSPS) is 13.8. The van der Waals surface area contributed by atoms with Crippen LogP contribution in [-0.4, -0.2) is 24.7 Å². The largest absolute Gasteiger partial charge is 0.508 e. The number of rotatable bonds is 6. The molecule has 0 amide bonds. The molecule has 2 atom stereocenters. The van der Waals surface area contributed by atoms with Crippen molar-refractivity contribution in [1.29, 1.82) is 0 Å². The number of allylic oxidation sites excluding steroid dienone is 1. The van der Waals surface area contributed by atoms with Gasteiger partial charge in [-0.2, -0.15) is 0 Å². The second kappa shape index (κ2) is 9.19. The summed E-state index contributed by atoms with van der Waals surface area (Å²) in [6, 6.07) is 36.1. The van der Waals surface area contributed by atoms with Gasteiger partial charge in [0.2, 0.25) is 0 Å². The second-order valence-corrected chi connectivity index (χ2v) is 9.03. The first kappa shape index (κ1) is 21.9. The molecule has 2 unspecified atom stereocenters. The van der Waals surface area contributed by atoms with Crippen LogP contribution in [0.15, 0.2) is 121 Å². The van der Waals surface area contributed by atoms with E-state index in [4.69, 9.17) is 0 Å². The molecule has 0 spiro atoms. The molecule has 0 aliphatic rings. The van der Waals surface area contributed by atoms with Crippen LogP contribution >= 0.6 is 0 Å². The maximum atomic E-state index is 11.3. The summed E-state index contributed by atoms with van der Waals surface area (Å²) in [4.78, 5) is 0. The fourth-order valence-corrected chi connectivity index (χ4v) is 5.10. The van der Waals surface area contributed by atoms with Crippen LogP contribution in [0.4, 0.5) is 0 Å². The van der Waals surface area contributed by atoms with E-state index in [0.29, 0.717) is 0 Å². The molecule has 0 saturated carbocycles. The van der Waals surface area contributed by atoms with Crippen LogP contribution in [0, 0.1) is 0 Å². The number of benzene rings is 4. The number of hydrogen-bond acceptors (Lipinski definition) is 3. The van der Waals surface area contributed by atoms with Gasteiger partial charge in [-0.05, 0) is 29.8 Å². The molecule has 0 radical (unpaired) electrons. The van der Waals surface area contributed by atoms with Crippen LogP contribution in [0.2, 0.25) is 0 Å². The molecule has 5 heteroatoms. The van der Waals surface area contributed by atoms with Crippen molar-refractivity contribution < 1.29 is 5.11 Å². The first-order chi connectivity index (χ1) is 17.7. The predicted molar refractivity (Wildman–Crippen MR) is 145 cm³/mol. The summed E-state index contributed by atoms with van der Waals surface area (Å²) >= 11 is 0. The van der Waals surface area contributed by atoms with Crippen molar-refractivity contribution in [1.82, 2.24) is 19.6 Å². The fraction of sp³-hybridized carbons (Fsp3) is 0.0968. The average Bonchev–Trinajstić information content (AvgIpc) is 3.51. The van der Waals surface area contributed by atoms with Gasteiger partial charge in [-0.1, -0.05) is 96.2 Å². The highest BCUT2D eigenvalue weighted by Gasteiger charge is 2.31. The first-order valence-corrected chi connectivity index (χ1v) is 12.1. The van der Waals surface area contributed by atoms with E-state index in [2.05, 4.69) is 70.6 Å². The minimum atomic E-state index is -0.253. The summed E-state index contributed by atoms with van der Waals surface area (Å²) in [7, 11) is 2.07. The van der Waals surface area contributed by atoms with E-state index in [-0.39, 0.29) is 17.7 Å². The van der Waals surface area contributed by atoms with Crippen molar-refractivity contribution >= 4 is 27.7 Å². The Kier molecular flexibility index (Phi) is 5.58. The average molecular weight is 471 g/mol. The molecule has 6 rings (SSSR count). The van der Waals surface area contributed by atoms with Crippen molar-refractivity contribution in [3.05, 3.63) is 138 Å². The molecule has 4 aromatic carbocycles. The molecule has 0 bridgehead atoms. The highest BCUT2D eigenvalue weighted by molar-refractivity contribution is 5.85. The molecule has 0 aliphatic heterocycles. The molecule has 36 heavy (non-hydrogen) atoms. The molecule has 5 nitrogen and oxygen atoms in total. The quantitative estimate of drug-likeness (QED) is 0.270. The Morgan fingerprint density at radius 3 is 2.19 bits per heavy atom. The Balaban J connectivity index is 1.64. The highest BCUT2D eigenvalue weighted by Crippen LogP contribution is 2.41. The van der Waals surface area contributed by atoms with Gasteiger partial charge in [0.1, 0.15) is 11.3 Å². The molecular weight excluding hydrogens is 444 g/mol. The number of hydrogen-bond donors (Lipinski definition) is 1. The lowest BCUT2D eigenvalue weighted by Gasteiger charge is -2.26. The zero-order valence-corrected chi connectivity index (χ0v) is 19.9. The summed E-state index contributed by atoms with van der Waals surface area (Å²) in [6.45, 7) is 0. The summed E-state index contributed by atoms with van der Waals surface area (Å²) in [5.41, 5.74) is 5.91. The molecule has 2 heterocycles. The highest BCUT2D eigenvalue weighted by atomic mass is 16.3. The van der Waals surface area contributed by atoms with Crippen LogP contribution in [0.1, 0.15) is 28.7 Å². The molecule has 176 valence electrons. The van der Waals surface area contributed by atoms with Crippen LogP contribution < -0.4 is 0 Å². The number of fused-ring (bicyclic) bond motifs is 2. The molecule has 0 saturated heterocycles. The van der Waals surface area contributed by atoms with Gasteiger partial charge >= 0.3 is 0 Å². The SMILES string of the molecule is Cn1cc(C(C(/C=C(\O)c2ccccc2)c2ccccc2)n2nnc3ccccc32)c2ccccc21. The van der Waals surface area contributed by atoms with Gasteiger partial charge in [0.15, 0.2) is 0 Å². The zero-order chi connectivity index (χ0) is 24.5. The van der Waals surface area contributed by atoms with Gasteiger partial charge in [-0.15, -0.1) is 5.10 Å². The lowest BCUT2D eigenvalue weighted by atomic mass is 9.85. The van der Waals surface area contributed by atoms with Crippen LogP contribution in [0.5, 0.6) is 0 Å². The van der Waals surface area contributed by atoms with E-state index in [0.717, 1.165) is 38.6 Å². The second-order valence-electron chi connectivity index (χ2n) is 9.03. The van der Waals surface area contributed by atoms with E-state index < -0.39 is 0 Å².